The van der Waals surface area contributed by atoms with Gasteiger partial charge in [0.2, 0.25) is 17.7 Å². The van der Waals surface area contributed by atoms with Crippen LogP contribution >= 0.6 is 23.5 Å². The Bertz CT molecular complexity index is 548. The Morgan fingerprint density at radius 2 is 1.34 bits per heavy atom. The number of carboxylic acids is 1. The van der Waals surface area contributed by atoms with Crippen molar-refractivity contribution in [3.63, 3.8) is 0 Å². The van der Waals surface area contributed by atoms with Crippen molar-refractivity contribution < 1.29 is 24.3 Å². The first kappa shape index (κ1) is 27.5. The Morgan fingerprint density at radius 1 is 0.862 bits per heavy atom. The summed E-state index contributed by atoms with van der Waals surface area (Å²) in [5.41, 5.74) is 5.32. The highest BCUT2D eigenvalue weighted by Crippen LogP contribution is 2.09. The first-order chi connectivity index (χ1) is 13.7. The third-order valence-electron chi connectivity index (χ3n) is 4.01. The normalized spacial score (nSPS) is 14.0. The van der Waals surface area contributed by atoms with E-state index in [0.29, 0.717) is 24.3 Å². The van der Waals surface area contributed by atoms with Gasteiger partial charge in [0, 0.05) is 0 Å². The minimum atomic E-state index is -1.12. The summed E-state index contributed by atoms with van der Waals surface area (Å²) in [5, 5.41) is 17.1. The fourth-order valence-electron chi connectivity index (χ4n) is 2.50. The molecule has 0 aromatic heterocycles. The van der Waals surface area contributed by atoms with Crippen molar-refractivity contribution in [2.45, 2.75) is 51.2 Å². The molecular formula is C18H34N4O5S2. The van der Waals surface area contributed by atoms with Crippen molar-refractivity contribution in [3.05, 3.63) is 0 Å². The van der Waals surface area contributed by atoms with Crippen LogP contribution in [0.4, 0.5) is 0 Å². The van der Waals surface area contributed by atoms with E-state index < -0.39 is 41.8 Å². The van der Waals surface area contributed by atoms with Crippen molar-refractivity contribution in [2.24, 2.45) is 11.7 Å². The van der Waals surface area contributed by atoms with Gasteiger partial charge in [-0.15, -0.1) is 0 Å². The molecule has 0 rings (SSSR count). The molecule has 0 aromatic carbocycles. The van der Waals surface area contributed by atoms with Crippen LogP contribution in [-0.2, 0) is 19.2 Å². The lowest BCUT2D eigenvalue weighted by molar-refractivity contribution is -0.142. The molecule has 0 saturated heterocycles. The van der Waals surface area contributed by atoms with Gasteiger partial charge < -0.3 is 26.8 Å². The molecule has 11 heteroatoms. The van der Waals surface area contributed by atoms with E-state index >= 15 is 0 Å². The van der Waals surface area contributed by atoms with Crippen LogP contribution in [0.1, 0.15) is 33.1 Å². The quantitative estimate of drug-likeness (QED) is 0.235. The number of carboxylic acid groups (broad SMARTS) is 1. The predicted octanol–water partition coefficient (Wildman–Crippen LogP) is 0.0364. The van der Waals surface area contributed by atoms with Crippen LogP contribution in [0.15, 0.2) is 0 Å². The van der Waals surface area contributed by atoms with Gasteiger partial charge >= 0.3 is 5.97 Å². The Hall–Kier alpha value is -1.46. The molecule has 3 atom stereocenters. The average Bonchev–Trinajstić information content (AvgIpc) is 2.66. The molecule has 0 spiro atoms. The van der Waals surface area contributed by atoms with Crippen molar-refractivity contribution >= 4 is 47.2 Å². The van der Waals surface area contributed by atoms with E-state index in [9.17, 15) is 24.3 Å². The molecule has 3 amide bonds. The zero-order chi connectivity index (χ0) is 22.4. The number of nitrogens with one attached hydrogen (secondary N) is 3. The molecule has 0 bridgehead atoms. The van der Waals surface area contributed by atoms with E-state index in [-0.39, 0.29) is 18.9 Å². The highest BCUT2D eigenvalue weighted by atomic mass is 32.2. The number of thioether (sulfide) groups is 2. The molecule has 0 saturated carbocycles. The van der Waals surface area contributed by atoms with Gasteiger partial charge in [0.05, 0.1) is 6.54 Å². The molecule has 0 heterocycles. The first-order valence-corrected chi connectivity index (χ1v) is 12.3. The van der Waals surface area contributed by atoms with Crippen LogP contribution in [0, 0.1) is 5.92 Å². The third kappa shape index (κ3) is 12.0. The minimum Gasteiger partial charge on any atom is -0.480 e. The van der Waals surface area contributed by atoms with Gasteiger partial charge in [0.25, 0.3) is 0 Å². The van der Waals surface area contributed by atoms with Crippen LogP contribution in [-0.4, -0.2) is 77.5 Å². The summed E-state index contributed by atoms with van der Waals surface area (Å²) in [6.07, 6.45) is 4.75. The summed E-state index contributed by atoms with van der Waals surface area (Å²) in [6, 6.07) is -2.73. The number of amides is 3. The molecule has 0 fully saturated rings. The lowest BCUT2D eigenvalue weighted by atomic mass is 10.0. The summed E-state index contributed by atoms with van der Waals surface area (Å²) >= 11 is 3.01. The highest BCUT2D eigenvalue weighted by molar-refractivity contribution is 7.98. The van der Waals surface area contributed by atoms with E-state index in [4.69, 9.17) is 5.73 Å². The molecule has 0 aliphatic rings. The second-order valence-corrected chi connectivity index (χ2v) is 8.95. The Morgan fingerprint density at radius 3 is 1.79 bits per heavy atom. The molecule has 6 N–H and O–H groups in total. The second-order valence-electron chi connectivity index (χ2n) is 6.98. The number of aliphatic carboxylic acids is 1. The molecule has 0 aliphatic heterocycles. The maximum absolute atomic E-state index is 12.7. The number of hydrogen-bond donors (Lipinski definition) is 5. The van der Waals surface area contributed by atoms with E-state index in [0.717, 1.165) is 0 Å². The standard InChI is InChI=1S/C18H34N4O5S2/c1-11(2)9-14(17(25)21-13(18(26)27)6-8-29-4)22-16(24)12(5-7-28-3)20-15(23)10-19/h11-14H,5-10,19H2,1-4H3,(H,20,23)(H,21,25)(H,22,24)(H,26,27). The second kappa shape index (κ2) is 15.4. The summed E-state index contributed by atoms with van der Waals surface area (Å²) in [7, 11) is 0. The van der Waals surface area contributed by atoms with Crippen LogP contribution in [0.2, 0.25) is 0 Å². The Labute approximate surface area is 181 Å². The lowest BCUT2D eigenvalue weighted by Gasteiger charge is -2.25. The molecule has 3 unspecified atom stereocenters. The number of carbonyl (C=O) groups is 4. The minimum absolute atomic E-state index is 0.0869. The fourth-order valence-corrected chi connectivity index (χ4v) is 3.44. The van der Waals surface area contributed by atoms with Crippen LogP contribution in [0.5, 0.6) is 0 Å². The van der Waals surface area contributed by atoms with Gasteiger partial charge in [-0.2, -0.15) is 23.5 Å². The van der Waals surface area contributed by atoms with Crippen LogP contribution in [0.3, 0.4) is 0 Å². The Balaban J connectivity index is 5.25. The largest absolute Gasteiger partial charge is 0.480 e. The molecule has 29 heavy (non-hydrogen) atoms. The van der Waals surface area contributed by atoms with Crippen molar-refractivity contribution in [3.8, 4) is 0 Å². The predicted molar refractivity (Wildman–Crippen MR) is 118 cm³/mol. The molecule has 0 radical (unpaired) electrons. The molecule has 9 nitrogen and oxygen atoms in total. The van der Waals surface area contributed by atoms with Crippen LogP contribution in [0.25, 0.3) is 0 Å². The van der Waals surface area contributed by atoms with E-state index in [1.807, 2.05) is 26.4 Å². The maximum Gasteiger partial charge on any atom is 0.326 e. The van der Waals surface area contributed by atoms with E-state index in [1.54, 1.807) is 0 Å². The highest BCUT2D eigenvalue weighted by Gasteiger charge is 2.29. The van der Waals surface area contributed by atoms with Gasteiger partial charge in [0.15, 0.2) is 0 Å². The third-order valence-corrected chi connectivity index (χ3v) is 5.30. The van der Waals surface area contributed by atoms with Crippen LogP contribution < -0.4 is 21.7 Å². The molecule has 0 aromatic rings. The van der Waals surface area contributed by atoms with E-state index in [1.165, 1.54) is 23.5 Å². The summed E-state index contributed by atoms with van der Waals surface area (Å²) < 4.78 is 0. The summed E-state index contributed by atoms with van der Waals surface area (Å²) in [5.74, 6) is -1.30. The summed E-state index contributed by atoms with van der Waals surface area (Å²) in [6.45, 7) is 3.56. The zero-order valence-corrected chi connectivity index (χ0v) is 19.2. The first-order valence-electron chi connectivity index (χ1n) is 9.47. The van der Waals surface area contributed by atoms with Gasteiger partial charge in [-0.1, -0.05) is 13.8 Å². The topological polar surface area (TPSA) is 151 Å². The van der Waals surface area contributed by atoms with Crippen molar-refractivity contribution in [2.75, 3.05) is 30.6 Å². The van der Waals surface area contributed by atoms with Gasteiger partial charge in [-0.05, 0) is 49.2 Å². The fraction of sp³-hybridized carbons (Fsp3) is 0.778. The number of rotatable bonds is 15. The van der Waals surface area contributed by atoms with Crippen molar-refractivity contribution in [1.82, 2.24) is 16.0 Å². The number of carbonyl (C=O) groups excluding carboxylic acids is 3. The maximum atomic E-state index is 12.7. The lowest BCUT2D eigenvalue weighted by Crippen LogP contribution is -2.56. The number of nitrogens with two attached hydrogens (primary N) is 1. The monoisotopic (exact) mass is 450 g/mol. The zero-order valence-electron chi connectivity index (χ0n) is 17.5. The molecule has 0 aliphatic carbocycles. The molecular weight excluding hydrogens is 416 g/mol. The average molecular weight is 451 g/mol. The van der Waals surface area contributed by atoms with E-state index in [2.05, 4.69) is 16.0 Å². The van der Waals surface area contributed by atoms with Gasteiger partial charge in [0.1, 0.15) is 18.1 Å². The summed E-state index contributed by atoms with van der Waals surface area (Å²) in [4.78, 5) is 48.5. The smallest absolute Gasteiger partial charge is 0.326 e. The molecule has 168 valence electrons. The SMILES string of the molecule is CSCCC(NC(=O)C(CC(C)C)NC(=O)C(CCSC)NC(=O)CN)C(=O)O. The number of hydrogen-bond acceptors (Lipinski definition) is 7. The van der Waals surface area contributed by atoms with Gasteiger partial charge in [-0.25, -0.2) is 4.79 Å². The van der Waals surface area contributed by atoms with Gasteiger partial charge in [-0.3, -0.25) is 14.4 Å². The van der Waals surface area contributed by atoms with Crippen molar-refractivity contribution in [1.29, 1.82) is 0 Å². The Kier molecular flexibility index (Phi) is 14.6.